The first kappa shape index (κ1) is 21.5. The van der Waals surface area contributed by atoms with Crippen molar-refractivity contribution in [3.05, 3.63) is 23.8 Å². The van der Waals surface area contributed by atoms with Crippen LogP contribution in [0.3, 0.4) is 0 Å². The lowest BCUT2D eigenvalue weighted by Gasteiger charge is -2.30. The first-order valence-electron chi connectivity index (χ1n) is 8.69. The number of carbonyl (C=O) groups is 1. The Kier molecular flexibility index (Phi) is 6.41. The number of rotatable bonds is 5. The van der Waals surface area contributed by atoms with Gasteiger partial charge in [0.1, 0.15) is 0 Å². The van der Waals surface area contributed by atoms with Gasteiger partial charge in [-0.1, -0.05) is 6.42 Å². The zero-order chi connectivity index (χ0) is 20.4. The molecular weight excluding hydrogens is 383 g/mol. The van der Waals surface area contributed by atoms with Crippen LogP contribution in [0.2, 0.25) is 0 Å². The minimum atomic E-state index is -4.86. The van der Waals surface area contributed by atoms with Crippen LogP contribution in [0, 0.1) is 5.92 Å². The Morgan fingerprint density at radius 3 is 2.48 bits per heavy atom. The van der Waals surface area contributed by atoms with Crippen molar-refractivity contribution >= 4 is 21.6 Å². The van der Waals surface area contributed by atoms with E-state index in [1.165, 1.54) is 6.07 Å². The lowest BCUT2D eigenvalue weighted by Crippen LogP contribution is -2.40. The van der Waals surface area contributed by atoms with E-state index in [-0.39, 0.29) is 29.6 Å². The fourth-order valence-corrected chi connectivity index (χ4v) is 4.03. The average Bonchev–Trinajstić information content (AvgIpc) is 2.52. The van der Waals surface area contributed by atoms with Crippen molar-refractivity contribution in [1.82, 2.24) is 5.32 Å². The van der Waals surface area contributed by atoms with Crippen LogP contribution in [-0.2, 0) is 21.0 Å². The molecule has 27 heavy (non-hydrogen) atoms. The predicted molar refractivity (Wildman–Crippen MR) is 95.5 cm³/mol. The second-order valence-electron chi connectivity index (χ2n) is 7.12. The number of carbonyl (C=O) groups excluding carboxylic acids is 1. The summed E-state index contributed by atoms with van der Waals surface area (Å²) >= 11 is 0. The standard InChI is InChI=1S/C17H24F3N3O3S/c1-10(2)22-16(24)11-4-3-5-12(8-11)23-13-6-7-15(27(21,25)26)14(9-13)17(18,19)20/h6-7,9-12,23H,3-5,8H2,1-2H3,(H,22,24)(H2,21,25,26). The maximum Gasteiger partial charge on any atom is 0.417 e. The molecule has 0 aromatic heterocycles. The molecule has 0 radical (unpaired) electrons. The maximum absolute atomic E-state index is 13.2. The first-order valence-corrected chi connectivity index (χ1v) is 10.2. The topological polar surface area (TPSA) is 101 Å². The minimum Gasteiger partial charge on any atom is -0.382 e. The second-order valence-corrected chi connectivity index (χ2v) is 8.65. The van der Waals surface area contributed by atoms with E-state index in [1.807, 2.05) is 13.8 Å². The second kappa shape index (κ2) is 8.05. The van der Waals surface area contributed by atoms with Crippen molar-refractivity contribution in [2.75, 3.05) is 5.32 Å². The van der Waals surface area contributed by atoms with Gasteiger partial charge in [-0.2, -0.15) is 13.2 Å². The molecule has 2 rings (SSSR count). The van der Waals surface area contributed by atoms with Crippen molar-refractivity contribution in [1.29, 1.82) is 0 Å². The van der Waals surface area contributed by atoms with E-state index in [1.54, 1.807) is 0 Å². The van der Waals surface area contributed by atoms with Gasteiger partial charge >= 0.3 is 6.18 Å². The van der Waals surface area contributed by atoms with Gasteiger partial charge in [0.2, 0.25) is 15.9 Å². The molecule has 4 N–H and O–H groups in total. The smallest absolute Gasteiger partial charge is 0.382 e. The lowest BCUT2D eigenvalue weighted by molar-refractivity contribution is -0.139. The van der Waals surface area contributed by atoms with Gasteiger partial charge in [-0.05, 0) is 51.3 Å². The summed E-state index contributed by atoms with van der Waals surface area (Å²) in [7, 11) is -4.50. The third kappa shape index (κ3) is 5.83. The highest BCUT2D eigenvalue weighted by Gasteiger charge is 2.37. The predicted octanol–water partition coefficient (Wildman–Crippen LogP) is 2.85. The van der Waals surface area contributed by atoms with Gasteiger partial charge in [0.05, 0.1) is 10.5 Å². The molecule has 2 atom stereocenters. The highest BCUT2D eigenvalue weighted by Crippen LogP contribution is 2.36. The van der Waals surface area contributed by atoms with E-state index in [4.69, 9.17) is 5.14 Å². The van der Waals surface area contributed by atoms with Crippen molar-refractivity contribution < 1.29 is 26.4 Å². The van der Waals surface area contributed by atoms with E-state index < -0.39 is 26.7 Å². The molecule has 1 aliphatic carbocycles. The zero-order valence-corrected chi connectivity index (χ0v) is 16.0. The molecule has 1 aromatic rings. The maximum atomic E-state index is 13.2. The van der Waals surface area contributed by atoms with Crippen molar-refractivity contribution in [3.63, 3.8) is 0 Å². The largest absolute Gasteiger partial charge is 0.417 e. The Balaban J connectivity index is 2.18. The number of nitrogens with two attached hydrogens (primary N) is 1. The number of nitrogens with one attached hydrogen (secondary N) is 2. The van der Waals surface area contributed by atoms with E-state index in [9.17, 15) is 26.4 Å². The Hall–Kier alpha value is -1.81. The van der Waals surface area contributed by atoms with E-state index in [0.717, 1.165) is 25.0 Å². The molecule has 1 aromatic carbocycles. The molecule has 2 unspecified atom stereocenters. The summed E-state index contributed by atoms with van der Waals surface area (Å²) in [6, 6.07) is 2.70. The van der Waals surface area contributed by atoms with Crippen molar-refractivity contribution in [3.8, 4) is 0 Å². The highest BCUT2D eigenvalue weighted by molar-refractivity contribution is 7.89. The first-order chi connectivity index (χ1) is 12.4. The summed E-state index contributed by atoms with van der Waals surface area (Å²) in [5.41, 5.74) is -1.16. The monoisotopic (exact) mass is 407 g/mol. The van der Waals surface area contributed by atoms with Crippen LogP contribution in [0.4, 0.5) is 18.9 Å². The summed E-state index contributed by atoms with van der Waals surface area (Å²) in [6.45, 7) is 3.73. The molecule has 0 heterocycles. The number of anilines is 1. The van der Waals surface area contributed by atoms with Crippen LogP contribution < -0.4 is 15.8 Å². The Bertz CT molecular complexity index is 794. The number of primary sulfonamides is 1. The third-order valence-corrected chi connectivity index (χ3v) is 5.41. The Labute approximate surface area is 156 Å². The van der Waals surface area contributed by atoms with Gasteiger partial charge in [0.25, 0.3) is 0 Å². The number of hydrogen-bond acceptors (Lipinski definition) is 4. The molecule has 152 valence electrons. The SMILES string of the molecule is CC(C)NC(=O)C1CCCC(Nc2ccc(S(N)(=O)=O)c(C(F)(F)F)c2)C1. The fourth-order valence-electron chi connectivity index (χ4n) is 3.29. The number of hydrogen-bond donors (Lipinski definition) is 3. The summed E-state index contributed by atoms with van der Waals surface area (Å²) in [5, 5.41) is 10.7. The molecule has 1 aliphatic rings. The van der Waals surface area contributed by atoms with Crippen LogP contribution in [-0.4, -0.2) is 26.4 Å². The van der Waals surface area contributed by atoms with Crippen LogP contribution in [0.5, 0.6) is 0 Å². The zero-order valence-electron chi connectivity index (χ0n) is 15.1. The van der Waals surface area contributed by atoms with Gasteiger partial charge in [-0.25, -0.2) is 13.6 Å². The van der Waals surface area contributed by atoms with Crippen LogP contribution in [0.1, 0.15) is 45.1 Å². The molecule has 10 heteroatoms. The molecule has 0 bridgehead atoms. The minimum absolute atomic E-state index is 0.0194. The van der Waals surface area contributed by atoms with Gasteiger partial charge in [0.15, 0.2) is 0 Å². The van der Waals surface area contributed by atoms with E-state index >= 15 is 0 Å². The Morgan fingerprint density at radius 1 is 1.26 bits per heavy atom. The number of halogens is 3. The van der Waals surface area contributed by atoms with Crippen LogP contribution in [0.15, 0.2) is 23.1 Å². The quantitative estimate of drug-likeness (QED) is 0.699. The van der Waals surface area contributed by atoms with Crippen LogP contribution in [0.25, 0.3) is 0 Å². The molecule has 0 spiro atoms. The Morgan fingerprint density at radius 2 is 1.93 bits per heavy atom. The third-order valence-electron chi connectivity index (χ3n) is 4.44. The molecule has 0 aliphatic heterocycles. The molecule has 1 fully saturated rings. The molecule has 1 amide bonds. The summed E-state index contributed by atoms with van der Waals surface area (Å²) in [4.78, 5) is 11.2. The van der Waals surface area contributed by atoms with Gasteiger partial charge in [0, 0.05) is 23.7 Å². The van der Waals surface area contributed by atoms with Crippen LogP contribution >= 0.6 is 0 Å². The molecule has 1 saturated carbocycles. The van der Waals surface area contributed by atoms with Gasteiger partial charge < -0.3 is 10.6 Å². The summed E-state index contributed by atoms with van der Waals surface area (Å²) in [6.07, 6.45) is -2.14. The van der Waals surface area contributed by atoms with Gasteiger partial charge in [-0.15, -0.1) is 0 Å². The number of benzene rings is 1. The number of amides is 1. The summed E-state index contributed by atoms with van der Waals surface area (Å²) < 4.78 is 62.5. The van der Waals surface area contributed by atoms with E-state index in [2.05, 4.69) is 10.6 Å². The van der Waals surface area contributed by atoms with E-state index in [0.29, 0.717) is 12.8 Å². The van der Waals surface area contributed by atoms with Crippen molar-refractivity contribution in [2.45, 2.75) is 62.7 Å². The summed E-state index contributed by atoms with van der Waals surface area (Å²) in [5.74, 6) is -0.263. The highest BCUT2D eigenvalue weighted by atomic mass is 32.2. The molecule has 6 nitrogen and oxygen atoms in total. The molecule has 0 saturated heterocycles. The number of alkyl halides is 3. The van der Waals surface area contributed by atoms with Crippen molar-refractivity contribution in [2.24, 2.45) is 11.1 Å². The molecular formula is C17H24F3N3O3S. The van der Waals surface area contributed by atoms with Gasteiger partial charge in [-0.3, -0.25) is 4.79 Å². The average molecular weight is 407 g/mol. The normalized spacial score (nSPS) is 21.1. The number of sulfonamides is 1. The lowest BCUT2D eigenvalue weighted by atomic mass is 9.85. The fraction of sp³-hybridized carbons (Fsp3) is 0.588.